The fraction of sp³-hybridized carbons (Fsp3) is 0.136. The Labute approximate surface area is 170 Å². The van der Waals surface area contributed by atoms with Crippen LogP contribution in [0.15, 0.2) is 77.7 Å². The highest BCUT2D eigenvalue weighted by molar-refractivity contribution is 7.92. The number of nitrogens with one attached hydrogen (secondary N) is 2. The maximum Gasteiger partial charge on any atom is 0.261 e. The molecule has 3 rings (SSSR count). The maximum absolute atomic E-state index is 12.7. The van der Waals surface area contributed by atoms with E-state index in [1.165, 1.54) is 18.2 Å². The fourth-order valence-corrected chi connectivity index (χ4v) is 3.91. The molecule has 3 aromatic rings. The van der Waals surface area contributed by atoms with Crippen LogP contribution in [0, 0.1) is 6.92 Å². The molecule has 3 aromatic carbocycles. The third-order valence-corrected chi connectivity index (χ3v) is 5.56. The number of para-hydroxylation sites is 1. The van der Waals surface area contributed by atoms with Crippen molar-refractivity contribution in [1.82, 2.24) is 0 Å². The number of amides is 1. The average Bonchev–Trinajstić information content (AvgIpc) is 2.70. The Morgan fingerprint density at radius 2 is 1.72 bits per heavy atom. The lowest BCUT2D eigenvalue weighted by molar-refractivity contribution is 0.102. The molecule has 0 unspecified atom stereocenters. The van der Waals surface area contributed by atoms with Crippen molar-refractivity contribution < 1.29 is 17.9 Å². The van der Waals surface area contributed by atoms with Crippen LogP contribution in [-0.2, 0) is 10.0 Å². The second-order valence-corrected chi connectivity index (χ2v) is 8.05. The molecule has 6 nitrogen and oxygen atoms in total. The number of ether oxygens (including phenoxy) is 1. The van der Waals surface area contributed by atoms with Crippen molar-refractivity contribution in [2.24, 2.45) is 0 Å². The van der Waals surface area contributed by atoms with Gasteiger partial charge in [0.05, 0.1) is 17.2 Å². The third kappa shape index (κ3) is 5.14. The molecule has 0 heterocycles. The fourth-order valence-electron chi connectivity index (χ4n) is 2.73. The van der Waals surface area contributed by atoms with Crippen molar-refractivity contribution in [2.75, 3.05) is 16.6 Å². The van der Waals surface area contributed by atoms with Gasteiger partial charge >= 0.3 is 0 Å². The monoisotopic (exact) mass is 410 g/mol. The average molecular weight is 410 g/mol. The minimum absolute atomic E-state index is 0.0106. The first-order chi connectivity index (χ1) is 13.9. The lowest BCUT2D eigenvalue weighted by Crippen LogP contribution is -2.16. The van der Waals surface area contributed by atoms with Crippen molar-refractivity contribution in [2.45, 2.75) is 18.7 Å². The van der Waals surface area contributed by atoms with Gasteiger partial charge in [0.1, 0.15) is 5.75 Å². The normalized spacial score (nSPS) is 11.0. The topological polar surface area (TPSA) is 84.5 Å². The van der Waals surface area contributed by atoms with Gasteiger partial charge in [0.2, 0.25) is 0 Å². The second kappa shape index (κ2) is 8.79. The summed E-state index contributed by atoms with van der Waals surface area (Å²) in [6.07, 6.45) is 0. The molecule has 150 valence electrons. The van der Waals surface area contributed by atoms with E-state index in [4.69, 9.17) is 4.74 Å². The van der Waals surface area contributed by atoms with E-state index in [1.54, 1.807) is 42.5 Å². The zero-order valence-corrected chi connectivity index (χ0v) is 17.0. The van der Waals surface area contributed by atoms with Gasteiger partial charge in [0.25, 0.3) is 15.9 Å². The van der Waals surface area contributed by atoms with Gasteiger partial charge in [0.15, 0.2) is 0 Å². The number of benzene rings is 3. The maximum atomic E-state index is 12.7. The van der Waals surface area contributed by atoms with Crippen LogP contribution in [0.25, 0.3) is 0 Å². The van der Waals surface area contributed by atoms with Gasteiger partial charge < -0.3 is 10.1 Å². The van der Waals surface area contributed by atoms with Gasteiger partial charge in [-0.15, -0.1) is 0 Å². The van der Waals surface area contributed by atoms with Crippen molar-refractivity contribution in [3.8, 4) is 5.75 Å². The number of aryl methyl sites for hydroxylation is 1. The molecule has 0 aliphatic carbocycles. The van der Waals surface area contributed by atoms with Crippen molar-refractivity contribution in [3.05, 3.63) is 83.9 Å². The number of sulfonamides is 1. The molecule has 2 N–H and O–H groups in total. The SMILES string of the molecule is CCOc1cccc(NC(=O)c2cccc(S(=O)(=O)Nc3ccccc3C)c2)c1. The lowest BCUT2D eigenvalue weighted by atomic mass is 10.2. The van der Waals surface area contributed by atoms with Crippen LogP contribution >= 0.6 is 0 Å². The number of carbonyl (C=O) groups is 1. The molecule has 0 aliphatic heterocycles. The van der Waals surface area contributed by atoms with Gasteiger partial charge in [-0.2, -0.15) is 0 Å². The largest absolute Gasteiger partial charge is 0.494 e. The minimum Gasteiger partial charge on any atom is -0.494 e. The lowest BCUT2D eigenvalue weighted by Gasteiger charge is -2.12. The Hall–Kier alpha value is -3.32. The second-order valence-electron chi connectivity index (χ2n) is 6.36. The standard InChI is InChI=1S/C22H22N2O4S/c1-3-28-19-11-7-10-18(15-19)23-22(25)17-9-6-12-20(14-17)29(26,27)24-21-13-5-4-8-16(21)2/h4-15,24H,3H2,1-2H3,(H,23,25). The smallest absolute Gasteiger partial charge is 0.261 e. The summed E-state index contributed by atoms with van der Waals surface area (Å²) in [4.78, 5) is 12.6. The van der Waals surface area contributed by atoms with Gasteiger partial charge in [0, 0.05) is 17.3 Å². The number of hydrogen-bond donors (Lipinski definition) is 2. The quantitative estimate of drug-likeness (QED) is 0.603. The van der Waals surface area contributed by atoms with E-state index >= 15 is 0 Å². The van der Waals surface area contributed by atoms with Crippen LogP contribution in [0.3, 0.4) is 0 Å². The molecule has 29 heavy (non-hydrogen) atoms. The molecule has 0 aromatic heterocycles. The molecule has 0 fully saturated rings. The first kappa shape index (κ1) is 20.4. The molecule has 7 heteroatoms. The Kier molecular flexibility index (Phi) is 6.19. The van der Waals surface area contributed by atoms with Gasteiger partial charge in [-0.3, -0.25) is 9.52 Å². The zero-order valence-electron chi connectivity index (χ0n) is 16.2. The van der Waals surface area contributed by atoms with E-state index in [-0.39, 0.29) is 10.5 Å². The number of carbonyl (C=O) groups excluding carboxylic acids is 1. The molecule has 0 saturated heterocycles. The summed E-state index contributed by atoms with van der Waals surface area (Å²) in [7, 11) is -3.83. The molecule has 0 aliphatic rings. The summed E-state index contributed by atoms with van der Waals surface area (Å²) in [5.74, 6) is 0.232. The highest BCUT2D eigenvalue weighted by atomic mass is 32.2. The Morgan fingerprint density at radius 1 is 0.966 bits per heavy atom. The molecular formula is C22H22N2O4S. The summed E-state index contributed by atoms with van der Waals surface area (Å²) >= 11 is 0. The first-order valence-electron chi connectivity index (χ1n) is 9.12. The number of anilines is 2. The van der Waals surface area contributed by atoms with Crippen LogP contribution in [0.5, 0.6) is 5.75 Å². The molecular weight excluding hydrogens is 388 g/mol. The number of rotatable bonds is 7. The van der Waals surface area contributed by atoms with E-state index in [0.29, 0.717) is 23.7 Å². The van der Waals surface area contributed by atoms with E-state index in [0.717, 1.165) is 5.56 Å². The van der Waals surface area contributed by atoms with Crippen molar-refractivity contribution in [3.63, 3.8) is 0 Å². The van der Waals surface area contributed by atoms with Crippen molar-refractivity contribution in [1.29, 1.82) is 0 Å². The van der Waals surface area contributed by atoms with Crippen LogP contribution < -0.4 is 14.8 Å². The van der Waals surface area contributed by atoms with Gasteiger partial charge in [-0.05, 0) is 55.8 Å². The third-order valence-electron chi connectivity index (χ3n) is 4.20. The predicted octanol–water partition coefficient (Wildman–Crippen LogP) is 4.45. The first-order valence-corrected chi connectivity index (χ1v) is 10.6. The molecule has 1 amide bonds. The highest BCUT2D eigenvalue weighted by Gasteiger charge is 2.17. The number of hydrogen-bond acceptors (Lipinski definition) is 4. The van der Waals surface area contributed by atoms with Crippen LogP contribution in [-0.4, -0.2) is 20.9 Å². The summed E-state index contributed by atoms with van der Waals surface area (Å²) in [5.41, 5.74) is 2.10. The predicted molar refractivity (Wildman–Crippen MR) is 114 cm³/mol. The van der Waals surface area contributed by atoms with Crippen molar-refractivity contribution >= 4 is 27.3 Å². The summed E-state index contributed by atoms with van der Waals surface area (Å²) in [5, 5.41) is 2.76. The van der Waals surface area contributed by atoms with Crippen LogP contribution in [0.1, 0.15) is 22.8 Å². The van der Waals surface area contributed by atoms with Crippen LogP contribution in [0.4, 0.5) is 11.4 Å². The molecule has 0 spiro atoms. The minimum atomic E-state index is -3.83. The van der Waals surface area contributed by atoms with E-state index in [9.17, 15) is 13.2 Å². The van der Waals surface area contributed by atoms with Gasteiger partial charge in [-0.1, -0.05) is 30.3 Å². The zero-order chi connectivity index (χ0) is 20.9. The van der Waals surface area contributed by atoms with Gasteiger partial charge in [-0.25, -0.2) is 8.42 Å². The molecule has 0 saturated carbocycles. The summed E-state index contributed by atoms with van der Waals surface area (Å²) in [6.45, 7) is 4.21. The van der Waals surface area contributed by atoms with E-state index in [1.807, 2.05) is 26.0 Å². The summed E-state index contributed by atoms with van der Waals surface area (Å²) < 4.78 is 33.5. The highest BCUT2D eigenvalue weighted by Crippen LogP contribution is 2.21. The molecule has 0 radical (unpaired) electrons. The molecule has 0 atom stereocenters. The summed E-state index contributed by atoms with van der Waals surface area (Å²) in [6, 6.07) is 20.0. The van der Waals surface area contributed by atoms with E-state index < -0.39 is 15.9 Å². The Balaban J connectivity index is 1.80. The molecule has 0 bridgehead atoms. The van der Waals surface area contributed by atoms with Crippen LogP contribution in [0.2, 0.25) is 0 Å². The van der Waals surface area contributed by atoms with E-state index in [2.05, 4.69) is 10.0 Å². The Bertz CT molecular complexity index is 1130. The Morgan fingerprint density at radius 3 is 2.48 bits per heavy atom.